The zero-order chi connectivity index (χ0) is 11.7. The molecule has 0 saturated carbocycles. The third-order valence-electron chi connectivity index (χ3n) is 3.27. The average molecular weight is 211 g/mol. The van der Waals surface area contributed by atoms with Gasteiger partial charge in [0.1, 0.15) is 5.54 Å². The number of nitriles is 1. The first kappa shape index (κ1) is 14.4. The Balaban J connectivity index is 3.97. The fourth-order valence-electron chi connectivity index (χ4n) is 1.81. The standard InChI is InChI=1S/C12H25N3/c1-5-12(11-13,14-4)9-8-10-15(6-2)7-3/h14H,5-10H2,1-4H3. The predicted molar refractivity (Wildman–Crippen MR) is 64.7 cm³/mol. The van der Waals surface area contributed by atoms with E-state index in [-0.39, 0.29) is 5.54 Å². The van der Waals surface area contributed by atoms with Gasteiger partial charge in [-0.25, -0.2) is 0 Å². The summed E-state index contributed by atoms with van der Waals surface area (Å²) in [5, 5.41) is 12.3. The van der Waals surface area contributed by atoms with Gasteiger partial charge in [-0.2, -0.15) is 5.26 Å². The van der Waals surface area contributed by atoms with Crippen molar-refractivity contribution in [3.8, 4) is 6.07 Å². The third kappa shape index (κ3) is 4.63. The van der Waals surface area contributed by atoms with E-state index in [1.165, 1.54) is 0 Å². The van der Waals surface area contributed by atoms with Gasteiger partial charge in [0.15, 0.2) is 0 Å². The maximum atomic E-state index is 9.13. The quantitative estimate of drug-likeness (QED) is 0.667. The minimum absolute atomic E-state index is 0.312. The smallest absolute Gasteiger partial charge is 0.106 e. The van der Waals surface area contributed by atoms with Crippen LogP contribution in [-0.4, -0.2) is 37.1 Å². The lowest BCUT2D eigenvalue weighted by Gasteiger charge is -2.26. The van der Waals surface area contributed by atoms with E-state index >= 15 is 0 Å². The molecular formula is C12H25N3. The molecule has 0 radical (unpaired) electrons. The van der Waals surface area contributed by atoms with Crippen LogP contribution in [-0.2, 0) is 0 Å². The second-order valence-electron chi connectivity index (χ2n) is 3.93. The second-order valence-corrected chi connectivity index (χ2v) is 3.93. The van der Waals surface area contributed by atoms with Crippen molar-refractivity contribution >= 4 is 0 Å². The summed E-state index contributed by atoms with van der Waals surface area (Å²) in [5.74, 6) is 0. The third-order valence-corrected chi connectivity index (χ3v) is 3.27. The van der Waals surface area contributed by atoms with Crippen LogP contribution in [0, 0.1) is 11.3 Å². The normalized spacial score (nSPS) is 14.9. The molecule has 0 aliphatic heterocycles. The van der Waals surface area contributed by atoms with Crippen molar-refractivity contribution in [2.75, 3.05) is 26.7 Å². The van der Waals surface area contributed by atoms with Crippen LogP contribution in [0.25, 0.3) is 0 Å². The van der Waals surface area contributed by atoms with E-state index in [1.54, 1.807) is 0 Å². The van der Waals surface area contributed by atoms with E-state index in [2.05, 4.69) is 37.1 Å². The van der Waals surface area contributed by atoms with Crippen LogP contribution in [0.5, 0.6) is 0 Å². The molecule has 15 heavy (non-hydrogen) atoms. The molecule has 0 aromatic heterocycles. The molecule has 88 valence electrons. The van der Waals surface area contributed by atoms with Crippen LogP contribution in [0.2, 0.25) is 0 Å². The highest BCUT2D eigenvalue weighted by atomic mass is 15.1. The highest BCUT2D eigenvalue weighted by molar-refractivity contribution is 5.05. The maximum Gasteiger partial charge on any atom is 0.106 e. The highest BCUT2D eigenvalue weighted by Crippen LogP contribution is 2.16. The molecule has 0 aromatic rings. The molecule has 0 bridgehead atoms. The molecule has 1 N–H and O–H groups in total. The second kappa shape index (κ2) is 7.67. The van der Waals surface area contributed by atoms with Gasteiger partial charge in [0.2, 0.25) is 0 Å². The summed E-state index contributed by atoms with van der Waals surface area (Å²) in [5.41, 5.74) is -0.312. The van der Waals surface area contributed by atoms with E-state index in [0.29, 0.717) is 0 Å². The number of rotatable bonds is 8. The van der Waals surface area contributed by atoms with Crippen molar-refractivity contribution in [2.45, 2.75) is 45.6 Å². The lowest BCUT2D eigenvalue weighted by molar-refractivity contribution is 0.278. The molecular weight excluding hydrogens is 186 g/mol. The van der Waals surface area contributed by atoms with Gasteiger partial charge in [-0.05, 0) is 45.9 Å². The lowest BCUT2D eigenvalue weighted by Crippen LogP contribution is -2.41. The molecule has 0 aliphatic rings. The first-order valence-corrected chi connectivity index (χ1v) is 6.00. The molecule has 0 saturated heterocycles. The molecule has 0 aliphatic carbocycles. The van der Waals surface area contributed by atoms with Crippen LogP contribution in [0.15, 0.2) is 0 Å². The zero-order valence-electron chi connectivity index (χ0n) is 10.6. The largest absolute Gasteiger partial charge is 0.304 e. The van der Waals surface area contributed by atoms with Gasteiger partial charge in [0.05, 0.1) is 6.07 Å². The minimum atomic E-state index is -0.312. The van der Waals surface area contributed by atoms with Gasteiger partial charge in [-0.1, -0.05) is 20.8 Å². The molecule has 3 heteroatoms. The van der Waals surface area contributed by atoms with Crippen LogP contribution < -0.4 is 5.32 Å². The first-order chi connectivity index (χ1) is 7.17. The van der Waals surface area contributed by atoms with E-state index in [1.807, 2.05) is 7.05 Å². The van der Waals surface area contributed by atoms with Crippen LogP contribution in [0.3, 0.4) is 0 Å². The topological polar surface area (TPSA) is 39.1 Å². The van der Waals surface area contributed by atoms with Crippen LogP contribution in [0.1, 0.15) is 40.0 Å². The van der Waals surface area contributed by atoms with Crippen LogP contribution in [0.4, 0.5) is 0 Å². The summed E-state index contributed by atoms with van der Waals surface area (Å²) in [4.78, 5) is 2.40. The summed E-state index contributed by atoms with van der Waals surface area (Å²) in [7, 11) is 1.88. The fourth-order valence-corrected chi connectivity index (χ4v) is 1.81. The molecule has 3 nitrogen and oxygen atoms in total. The fraction of sp³-hybridized carbons (Fsp3) is 0.917. The van der Waals surface area contributed by atoms with Gasteiger partial charge in [-0.15, -0.1) is 0 Å². The van der Waals surface area contributed by atoms with E-state index < -0.39 is 0 Å². The van der Waals surface area contributed by atoms with Gasteiger partial charge in [0, 0.05) is 0 Å². The Morgan fingerprint density at radius 1 is 1.27 bits per heavy atom. The average Bonchev–Trinajstić information content (AvgIpc) is 2.31. The first-order valence-electron chi connectivity index (χ1n) is 6.00. The molecule has 0 amide bonds. The van der Waals surface area contributed by atoms with Crippen molar-refractivity contribution in [1.29, 1.82) is 5.26 Å². The highest BCUT2D eigenvalue weighted by Gasteiger charge is 2.24. The molecule has 0 fully saturated rings. The maximum absolute atomic E-state index is 9.13. The van der Waals surface area contributed by atoms with Crippen molar-refractivity contribution in [2.24, 2.45) is 0 Å². The lowest BCUT2D eigenvalue weighted by atomic mass is 9.92. The Morgan fingerprint density at radius 2 is 1.87 bits per heavy atom. The molecule has 0 spiro atoms. The SMILES string of the molecule is CCN(CC)CCCC(C#N)(CC)NC. The monoisotopic (exact) mass is 211 g/mol. The summed E-state index contributed by atoms with van der Waals surface area (Å²) >= 11 is 0. The Labute approximate surface area is 94.5 Å². The number of nitrogens with zero attached hydrogens (tertiary/aromatic N) is 2. The molecule has 0 aromatic carbocycles. The molecule has 1 unspecified atom stereocenters. The molecule has 1 atom stereocenters. The summed E-state index contributed by atoms with van der Waals surface area (Å²) in [6.07, 6.45) is 2.90. The zero-order valence-corrected chi connectivity index (χ0v) is 10.6. The van der Waals surface area contributed by atoms with Crippen molar-refractivity contribution in [3.05, 3.63) is 0 Å². The number of hydrogen-bond donors (Lipinski definition) is 1. The van der Waals surface area contributed by atoms with Gasteiger partial charge < -0.3 is 10.2 Å². The van der Waals surface area contributed by atoms with Crippen molar-refractivity contribution < 1.29 is 0 Å². The molecule has 0 rings (SSSR count). The van der Waals surface area contributed by atoms with Crippen LogP contribution >= 0.6 is 0 Å². The van der Waals surface area contributed by atoms with Crippen molar-refractivity contribution in [3.63, 3.8) is 0 Å². The van der Waals surface area contributed by atoms with Crippen molar-refractivity contribution in [1.82, 2.24) is 10.2 Å². The minimum Gasteiger partial charge on any atom is -0.304 e. The van der Waals surface area contributed by atoms with Gasteiger partial charge in [0.25, 0.3) is 0 Å². The molecule has 0 heterocycles. The Morgan fingerprint density at radius 3 is 2.20 bits per heavy atom. The summed E-state index contributed by atoms with van der Waals surface area (Å²) < 4.78 is 0. The summed E-state index contributed by atoms with van der Waals surface area (Å²) in [6, 6.07) is 2.40. The number of hydrogen-bond acceptors (Lipinski definition) is 3. The Hall–Kier alpha value is -0.590. The number of nitrogens with one attached hydrogen (secondary N) is 1. The Kier molecular flexibility index (Phi) is 7.37. The van der Waals surface area contributed by atoms with E-state index in [9.17, 15) is 0 Å². The predicted octanol–water partition coefficient (Wildman–Crippen LogP) is 2.00. The summed E-state index contributed by atoms with van der Waals surface area (Å²) in [6.45, 7) is 9.72. The van der Waals surface area contributed by atoms with Gasteiger partial charge >= 0.3 is 0 Å². The van der Waals surface area contributed by atoms with E-state index in [4.69, 9.17) is 5.26 Å². The Bertz CT molecular complexity index is 188. The van der Waals surface area contributed by atoms with Gasteiger partial charge in [-0.3, -0.25) is 0 Å². The van der Waals surface area contributed by atoms with E-state index in [0.717, 1.165) is 38.9 Å².